The Bertz CT molecular complexity index is 681. The van der Waals surface area contributed by atoms with Gasteiger partial charge in [0, 0.05) is 5.02 Å². The summed E-state index contributed by atoms with van der Waals surface area (Å²) in [5.74, 6) is 1.24. The van der Waals surface area contributed by atoms with Gasteiger partial charge in [0.2, 0.25) is 0 Å². The molecule has 0 unspecified atom stereocenters. The van der Waals surface area contributed by atoms with Gasteiger partial charge in [-0.1, -0.05) is 23.7 Å². The number of aryl methyl sites for hydroxylation is 2. The molecule has 0 spiro atoms. The molecule has 0 heterocycles. The summed E-state index contributed by atoms with van der Waals surface area (Å²) in [6.07, 6.45) is 0. The van der Waals surface area contributed by atoms with Crippen LogP contribution in [-0.4, -0.2) is 19.9 Å². The van der Waals surface area contributed by atoms with Crippen LogP contribution in [0.5, 0.6) is 11.5 Å². The average Bonchev–Trinajstić information content (AvgIpc) is 2.53. The van der Waals surface area contributed by atoms with E-state index in [4.69, 9.17) is 21.1 Å². The van der Waals surface area contributed by atoms with Crippen molar-refractivity contribution in [2.45, 2.75) is 13.8 Å². The van der Waals surface area contributed by atoms with E-state index < -0.39 is 0 Å². The molecule has 0 aliphatic rings. The lowest BCUT2D eigenvalue weighted by atomic mass is 10.1. The second-order valence-corrected chi connectivity index (χ2v) is 5.37. The van der Waals surface area contributed by atoms with Gasteiger partial charge in [0.1, 0.15) is 11.5 Å². The molecule has 122 valence electrons. The highest BCUT2D eigenvalue weighted by Crippen LogP contribution is 2.26. The molecule has 23 heavy (non-hydrogen) atoms. The van der Waals surface area contributed by atoms with Crippen LogP contribution in [0.1, 0.15) is 11.1 Å². The first-order valence-electron chi connectivity index (χ1n) is 7.08. The molecule has 0 atom stereocenters. The normalized spacial score (nSPS) is 10.1. The SMILES string of the molecule is COc1ccccc1NC(=O)NCOc1cc(C)c(Cl)c(C)c1. The van der Waals surface area contributed by atoms with Crippen molar-refractivity contribution in [1.29, 1.82) is 0 Å². The summed E-state index contributed by atoms with van der Waals surface area (Å²) < 4.78 is 10.7. The maximum atomic E-state index is 11.9. The molecular formula is C17H19ClN2O3. The molecule has 2 aromatic carbocycles. The fraction of sp³-hybridized carbons (Fsp3) is 0.235. The molecule has 0 aliphatic carbocycles. The summed E-state index contributed by atoms with van der Waals surface area (Å²) >= 11 is 6.11. The lowest BCUT2D eigenvalue weighted by molar-refractivity contribution is 0.234. The number of ether oxygens (including phenoxy) is 2. The first-order chi connectivity index (χ1) is 11.0. The number of halogens is 1. The number of anilines is 1. The molecule has 0 saturated heterocycles. The van der Waals surface area contributed by atoms with E-state index in [1.54, 1.807) is 19.2 Å². The van der Waals surface area contributed by atoms with Gasteiger partial charge in [-0.05, 0) is 49.2 Å². The zero-order valence-electron chi connectivity index (χ0n) is 13.3. The van der Waals surface area contributed by atoms with Crippen molar-refractivity contribution in [3.05, 3.63) is 52.5 Å². The number of urea groups is 1. The van der Waals surface area contributed by atoms with E-state index in [1.165, 1.54) is 0 Å². The van der Waals surface area contributed by atoms with Gasteiger partial charge in [-0.3, -0.25) is 0 Å². The Balaban J connectivity index is 1.88. The Labute approximate surface area is 140 Å². The van der Waals surface area contributed by atoms with Crippen molar-refractivity contribution in [2.75, 3.05) is 19.2 Å². The van der Waals surface area contributed by atoms with E-state index in [9.17, 15) is 4.79 Å². The Morgan fingerprint density at radius 1 is 1.17 bits per heavy atom. The van der Waals surface area contributed by atoms with Crippen LogP contribution in [0, 0.1) is 13.8 Å². The fourth-order valence-electron chi connectivity index (χ4n) is 2.09. The van der Waals surface area contributed by atoms with Crippen LogP contribution in [0.3, 0.4) is 0 Å². The molecule has 0 aromatic heterocycles. The molecule has 2 rings (SSSR count). The number of para-hydroxylation sites is 2. The molecule has 2 aromatic rings. The number of hydrogen-bond donors (Lipinski definition) is 2. The summed E-state index contributed by atoms with van der Waals surface area (Å²) in [5, 5.41) is 6.05. The summed E-state index contributed by atoms with van der Waals surface area (Å²) in [5.41, 5.74) is 2.45. The number of hydrogen-bond acceptors (Lipinski definition) is 3. The molecule has 0 saturated carbocycles. The maximum Gasteiger partial charge on any atom is 0.321 e. The van der Waals surface area contributed by atoms with Gasteiger partial charge in [0.25, 0.3) is 0 Å². The number of benzene rings is 2. The number of amides is 2. The van der Waals surface area contributed by atoms with E-state index in [0.717, 1.165) is 16.1 Å². The van der Waals surface area contributed by atoms with Crippen LogP contribution in [0.25, 0.3) is 0 Å². The van der Waals surface area contributed by atoms with Crippen molar-refractivity contribution in [2.24, 2.45) is 0 Å². The summed E-state index contributed by atoms with van der Waals surface area (Å²) in [4.78, 5) is 11.9. The number of rotatable bonds is 5. The Hall–Kier alpha value is -2.40. The Morgan fingerprint density at radius 2 is 1.83 bits per heavy atom. The minimum Gasteiger partial charge on any atom is -0.495 e. The molecule has 2 N–H and O–H groups in total. The van der Waals surface area contributed by atoms with Gasteiger partial charge >= 0.3 is 6.03 Å². The predicted octanol–water partition coefficient (Wildman–Crippen LogP) is 4.12. The third-order valence-electron chi connectivity index (χ3n) is 3.24. The number of carbonyl (C=O) groups excluding carboxylic acids is 1. The van der Waals surface area contributed by atoms with Gasteiger partial charge < -0.3 is 20.1 Å². The maximum absolute atomic E-state index is 11.9. The highest BCUT2D eigenvalue weighted by molar-refractivity contribution is 6.32. The third kappa shape index (κ3) is 4.53. The summed E-state index contributed by atoms with van der Waals surface area (Å²) in [7, 11) is 1.55. The van der Waals surface area contributed by atoms with Crippen LogP contribution in [0.4, 0.5) is 10.5 Å². The standard InChI is InChI=1S/C17H19ClN2O3/c1-11-8-13(9-12(2)16(11)18)23-10-19-17(21)20-14-6-4-5-7-15(14)22-3/h4-9H,10H2,1-3H3,(H2,19,20,21). The fourth-order valence-corrected chi connectivity index (χ4v) is 2.20. The molecule has 6 heteroatoms. The monoisotopic (exact) mass is 334 g/mol. The van der Waals surface area contributed by atoms with Crippen LogP contribution in [0.2, 0.25) is 5.02 Å². The van der Waals surface area contributed by atoms with Crippen LogP contribution < -0.4 is 20.1 Å². The highest BCUT2D eigenvalue weighted by Gasteiger charge is 2.07. The largest absolute Gasteiger partial charge is 0.495 e. The van der Waals surface area contributed by atoms with Gasteiger partial charge in [0.05, 0.1) is 12.8 Å². The molecule has 0 aliphatic heterocycles. The second-order valence-electron chi connectivity index (χ2n) is 4.99. The molecule has 0 bridgehead atoms. The first-order valence-corrected chi connectivity index (χ1v) is 7.46. The number of nitrogens with one attached hydrogen (secondary N) is 2. The van der Waals surface area contributed by atoms with E-state index in [2.05, 4.69) is 10.6 Å². The van der Waals surface area contributed by atoms with Crippen LogP contribution >= 0.6 is 11.6 Å². The van der Waals surface area contributed by atoms with E-state index in [1.807, 2.05) is 38.1 Å². The Kier molecular flexibility index (Phi) is 5.71. The van der Waals surface area contributed by atoms with Gasteiger partial charge in [-0.2, -0.15) is 0 Å². The lowest BCUT2D eigenvalue weighted by Gasteiger charge is -2.13. The summed E-state index contributed by atoms with van der Waals surface area (Å²) in [6.45, 7) is 3.86. The van der Waals surface area contributed by atoms with E-state index in [0.29, 0.717) is 17.2 Å². The quantitative estimate of drug-likeness (QED) is 0.808. The number of carbonyl (C=O) groups is 1. The van der Waals surface area contributed by atoms with Crippen molar-refractivity contribution < 1.29 is 14.3 Å². The van der Waals surface area contributed by atoms with Crippen molar-refractivity contribution in [1.82, 2.24) is 5.32 Å². The average molecular weight is 335 g/mol. The Morgan fingerprint density at radius 3 is 2.48 bits per heavy atom. The molecule has 0 radical (unpaired) electrons. The first kappa shape index (κ1) is 17.0. The zero-order valence-corrected chi connectivity index (χ0v) is 14.0. The van der Waals surface area contributed by atoms with Crippen molar-refractivity contribution >= 4 is 23.3 Å². The third-order valence-corrected chi connectivity index (χ3v) is 3.83. The predicted molar refractivity (Wildman–Crippen MR) is 91.6 cm³/mol. The highest BCUT2D eigenvalue weighted by atomic mass is 35.5. The second kappa shape index (κ2) is 7.74. The van der Waals surface area contributed by atoms with Gasteiger partial charge in [0.15, 0.2) is 6.73 Å². The van der Waals surface area contributed by atoms with Crippen molar-refractivity contribution in [3.63, 3.8) is 0 Å². The van der Waals surface area contributed by atoms with Gasteiger partial charge in [-0.25, -0.2) is 4.79 Å². The molecular weight excluding hydrogens is 316 g/mol. The van der Waals surface area contributed by atoms with Gasteiger partial charge in [-0.15, -0.1) is 0 Å². The van der Waals surface area contributed by atoms with Crippen molar-refractivity contribution in [3.8, 4) is 11.5 Å². The molecule has 0 fully saturated rings. The number of methoxy groups -OCH3 is 1. The minimum atomic E-state index is -0.378. The van der Waals surface area contributed by atoms with Crippen LogP contribution in [-0.2, 0) is 0 Å². The molecule has 2 amide bonds. The van der Waals surface area contributed by atoms with E-state index in [-0.39, 0.29) is 12.8 Å². The molecule has 5 nitrogen and oxygen atoms in total. The summed E-state index contributed by atoms with van der Waals surface area (Å²) in [6, 6.07) is 10.4. The topological polar surface area (TPSA) is 59.6 Å². The smallest absolute Gasteiger partial charge is 0.321 e. The van der Waals surface area contributed by atoms with E-state index >= 15 is 0 Å². The van der Waals surface area contributed by atoms with Crippen LogP contribution in [0.15, 0.2) is 36.4 Å². The lowest BCUT2D eigenvalue weighted by Crippen LogP contribution is -2.32. The zero-order chi connectivity index (χ0) is 16.8. The minimum absolute atomic E-state index is 0.0431.